The largest absolute Gasteiger partial charge is 0.489 e. The van der Waals surface area contributed by atoms with Crippen molar-refractivity contribution in [3.63, 3.8) is 0 Å². The summed E-state index contributed by atoms with van der Waals surface area (Å²) in [5.41, 5.74) is 2.68. The first-order chi connectivity index (χ1) is 16.4. The highest BCUT2D eigenvalue weighted by Crippen LogP contribution is 2.23. The smallest absolute Gasteiger partial charge is 0.368 e. The summed E-state index contributed by atoms with van der Waals surface area (Å²) < 4.78 is 14.0. The molecule has 0 saturated carbocycles. The minimum absolute atomic E-state index is 0.0845. The standard InChI is InChI=1S/C24H28N6O4/c1-5-12-33-23(26-3)19(14-31)22(25)17-10-11-21(16(2)13-17)34-15-18-8-6-7-9-20(18)30-24(32)29(4)27-28-30/h6-11,13-14,25-26H,5,12,15H2,1-4H3/p+1. The molecule has 0 aliphatic rings. The maximum atomic E-state index is 12.3. The molecule has 34 heavy (non-hydrogen) atoms. The number of hydrogen-bond donors (Lipinski definition) is 2. The normalized spacial score (nSPS) is 11.6. The second-order valence-electron chi connectivity index (χ2n) is 7.60. The number of carbonyl (C=O) groups is 1. The van der Waals surface area contributed by atoms with Gasteiger partial charge in [-0.25, -0.2) is 4.79 Å². The molecule has 0 saturated heterocycles. The number of benzene rings is 2. The van der Waals surface area contributed by atoms with Crippen molar-refractivity contribution in [3.05, 3.63) is 81.1 Å². The molecule has 3 N–H and O–H groups in total. The maximum absolute atomic E-state index is 12.3. The van der Waals surface area contributed by atoms with Crippen LogP contribution in [0.5, 0.6) is 5.75 Å². The Balaban J connectivity index is 1.82. The van der Waals surface area contributed by atoms with E-state index in [1.807, 2.05) is 32.0 Å². The first-order valence-electron chi connectivity index (χ1n) is 10.9. The number of aryl methyl sites for hydroxylation is 2. The molecule has 10 nitrogen and oxygen atoms in total. The van der Waals surface area contributed by atoms with Crippen molar-refractivity contribution >= 4 is 12.0 Å². The van der Waals surface area contributed by atoms with E-state index in [-0.39, 0.29) is 23.6 Å². The van der Waals surface area contributed by atoms with Crippen LogP contribution in [0, 0.1) is 12.3 Å². The quantitative estimate of drug-likeness (QED) is 0.190. The highest BCUT2D eigenvalue weighted by atomic mass is 16.5. The van der Waals surface area contributed by atoms with Gasteiger partial charge < -0.3 is 9.47 Å². The number of allylic oxidation sites excluding steroid dienone is 1. The Labute approximate surface area is 197 Å². The molecule has 0 unspecified atom stereocenters. The summed E-state index contributed by atoms with van der Waals surface area (Å²) in [6.07, 6.45) is 1.45. The second-order valence-corrected chi connectivity index (χ2v) is 7.60. The van der Waals surface area contributed by atoms with Crippen LogP contribution in [0.4, 0.5) is 0 Å². The molecule has 3 rings (SSSR count). The molecule has 178 valence electrons. The molecule has 0 radical (unpaired) electrons. The van der Waals surface area contributed by atoms with Crippen LogP contribution in [-0.4, -0.2) is 45.4 Å². The third kappa shape index (κ3) is 5.29. The van der Waals surface area contributed by atoms with E-state index in [0.29, 0.717) is 35.8 Å². The van der Waals surface area contributed by atoms with Crippen molar-refractivity contribution in [2.75, 3.05) is 13.7 Å². The highest BCUT2D eigenvalue weighted by molar-refractivity contribution is 6.21. The molecule has 0 atom stereocenters. The SMILES string of the molecule is CCCOC([NH2+]C)=C(C=O)C(=N)c1ccc(OCc2ccccc2-n2nnn(C)c2=O)c(C)c1. The van der Waals surface area contributed by atoms with E-state index in [4.69, 9.17) is 14.9 Å². The van der Waals surface area contributed by atoms with Gasteiger partial charge in [-0.05, 0) is 53.6 Å². The highest BCUT2D eigenvalue weighted by Gasteiger charge is 2.19. The summed E-state index contributed by atoms with van der Waals surface area (Å²) in [6.45, 7) is 4.52. The number of aromatic nitrogens is 4. The monoisotopic (exact) mass is 465 g/mol. The van der Waals surface area contributed by atoms with E-state index in [1.54, 1.807) is 36.6 Å². The number of para-hydroxylation sites is 1. The van der Waals surface area contributed by atoms with Crippen LogP contribution in [0.1, 0.15) is 30.0 Å². The van der Waals surface area contributed by atoms with Crippen molar-refractivity contribution in [3.8, 4) is 11.4 Å². The average molecular weight is 466 g/mol. The van der Waals surface area contributed by atoms with Crippen LogP contribution >= 0.6 is 0 Å². The van der Waals surface area contributed by atoms with E-state index in [0.717, 1.165) is 22.2 Å². The van der Waals surface area contributed by atoms with Crippen LogP contribution < -0.4 is 15.7 Å². The van der Waals surface area contributed by atoms with Crippen LogP contribution in [0.15, 0.2) is 58.7 Å². The Bertz CT molecular complexity index is 1270. The Hall–Kier alpha value is -4.05. The van der Waals surface area contributed by atoms with Gasteiger partial charge in [0.25, 0.3) is 0 Å². The second kappa shape index (κ2) is 11.2. The van der Waals surface area contributed by atoms with Crippen molar-refractivity contribution < 1.29 is 19.6 Å². The van der Waals surface area contributed by atoms with Crippen LogP contribution in [0.2, 0.25) is 0 Å². The lowest BCUT2D eigenvalue weighted by atomic mass is 10.0. The van der Waals surface area contributed by atoms with E-state index in [2.05, 4.69) is 10.4 Å². The number of nitrogens with one attached hydrogen (secondary N) is 1. The van der Waals surface area contributed by atoms with Gasteiger partial charge in [-0.3, -0.25) is 15.5 Å². The van der Waals surface area contributed by atoms with Gasteiger partial charge in [-0.1, -0.05) is 25.1 Å². The predicted octanol–water partition coefficient (Wildman–Crippen LogP) is 1.25. The van der Waals surface area contributed by atoms with Crippen molar-refractivity contribution in [2.24, 2.45) is 7.05 Å². The lowest BCUT2D eigenvalue weighted by Crippen LogP contribution is -2.78. The number of hydrogen-bond acceptors (Lipinski definition) is 7. The fraction of sp³-hybridized carbons (Fsp3) is 0.292. The summed E-state index contributed by atoms with van der Waals surface area (Å²) in [5.74, 6) is 1.02. The number of rotatable bonds is 11. The lowest BCUT2D eigenvalue weighted by molar-refractivity contribution is -0.605. The molecule has 2 aromatic carbocycles. The molecule has 0 aliphatic heterocycles. The topological polar surface area (TPSA) is 129 Å². The number of nitrogens with two attached hydrogens (primary N) is 1. The van der Waals surface area contributed by atoms with Gasteiger partial charge in [-0.15, -0.1) is 0 Å². The number of aldehydes is 1. The van der Waals surface area contributed by atoms with Gasteiger partial charge in [0.2, 0.25) is 0 Å². The fourth-order valence-corrected chi connectivity index (χ4v) is 3.35. The van der Waals surface area contributed by atoms with Crippen molar-refractivity contribution in [1.82, 2.24) is 19.8 Å². The molecule has 0 aliphatic carbocycles. The zero-order chi connectivity index (χ0) is 24.7. The lowest BCUT2D eigenvalue weighted by Gasteiger charge is -2.14. The summed E-state index contributed by atoms with van der Waals surface area (Å²) >= 11 is 0. The Morgan fingerprint density at radius 1 is 1.21 bits per heavy atom. The van der Waals surface area contributed by atoms with E-state index in [9.17, 15) is 9.59 Å². The Morgan fingerprint density at radius 2 is 1.97 bits per heavy atom. The minimum Gasteiger partial charge on any atom is -0.489 e. The average Bonchev–Trinajstić information content (AvgIpc) is 3.18. The van der Waals surface area contributed by atoms with E-state index < -0.39 is 0 Å². The first-order valence-corrected chi connectivity index (χ1v) is 10.9. The number of nitrogens with zero attached hydrogens (tertiary/aromatic N) is 4. The number of carbonyl (C=O) groups excluding carboxylic acids is 1. The van der Waals surface area contributed by atoms with Crippen molar-refractivity contribution in [2.45, 2.75) is 26.9 Å². The van der Waals surface area contributed by atoms with Gasteiger partial charge in [0.05, 0.1) is 25.1 Å². The predicted molar refractivity (Wildman–Crippen MR) is 126 cm³/mol. The van der Waals surface area contributed by atoms with E-state index in [1.165, 1.54) is 11.7 Å². The van der Waals surface area contributed by atoms with Crippen LogP contribution in [0.3, 0.4) is 0 Å². The van der Waals surface area contributed by atoms with Gasteiger partial charge in [0.15, 0.2) is 6.29 Å². The number of tetrazole rings is 1. The van der Waals surface area contributed by atoms with Gasteiger partial charge in [0, 0.05) is 18.2 Å². The molecular weight excluding hydrogens is 436 g/mol. The molecule has 1 heterocycles. The summed E-state index contributed by atoms with van der Waals surface area (Å²) in [7, 11) is 3.31. The maximum Gasteiger partial charge on any atom is 0.368 e. The third-order valence-electron chi connectivity index (χ3n) is 5.16. The fourth-order valence-electron chi connectivity index (χ4n) is 3.35. The third-order valence-corrected chi connectivity index (χ3v) is 5.16. The molecule has 0 fully saturated rings. The summed E-state index contributed by atoms with van der Waals surface area (Å²) in [5, 5.41) is 17.9. The zero-order valence-electron chi connectivity index (χ0n) is 19.7. The zero-order valence-corrected chi connectivity index (χ0v) is 19.7. The van der Waals surface area contributed by atoms with Gasteiger partial charge in [0.1, 0.15) is 17.9 Å². The Kier molecular flexibility index (Phi) is 8.10. The van der Waals surface area contributed by atoms with Crippen LogP contribution in [-0.2, 0) is 23.2 Å². The minimum atomic E-state index is -0.350. The molecular formula is C24H29N6O4+. The van der Waals surface area contributed by atoms with Gasteiger partial charge >= 0.3 is 11.6 Å². The molecule has 1 aromatic heterocycles. The summed E-state index contributed by atoms with van der Waals surface area (Å²) in [6, 6.07) is 12.6. The Morgan fingerprint density at radius 3 is 2.59 bits per heavy atom. The number of ether oxygens (including phenoxy) is 2. The molecule has 0 bridgehead atoms. The molecule has 10 heteroatoms. The molecule has 0 spiro atoms. The molecule has 0 amide bonds. The van der Waals surface area contributed by atoms with E-state index >= 15 is 0 Å². The number of quaternary nitrogens is 1. The van der Waals surface area contributed by atoms with Gasteiger partial charge in [-0.2, -0.15) is 9.36 Å². The van der Waals surface area contributed by atoms with Crippen LogP contribution in [0.25, 0.3) is 5.69 Å². The summed E-state index contributed by atoms with van der Waals surface area (Å²) in [4.78, 5) is 24.0. The molecule has 3 aromatic rings. The van der Waals surface area contributed by atoms with Crippen molar-refractivity contribution in [1.29, 1.82) is 5.41 Å². The first kappa shape index (κ1) is 24.6.